The molecular formula is C14H25INO5-. The molecule has 0 unspecified atom stereocenters. The van der Waals surface area contributed by atoms with E-state index in [0.717, 1.165) is 0 Å². The molecule has 0 bridgehead atoms. The molecule has 1 rings (SSSR count). The van der Waals surface area contributed by atoms with Crippen LogP contribution in [0.3, 0.4) is 0 Å². The molecule has 0 aromatic rings. The fourth-order valence-electron chi connectivity index (χ4n) is 2.25. The molecule has 124 valence electrons. The van der Waals surface area contributed by atoms with Crippen LogP contribution in [0.25, 0.3) is 0 Å². The number of nitrogens with zero attached hydrogens (tertiary/aromatic N) is 1. The summed E-state index contributed by atoms with van der Waals surface area (Å²) in [6.07, 6.45) is 0.320. The zero-order valence-electron chi connectivity index (χ0n) is 13.3. The van der Waals surface area contributed by atoms with Gasteiger partial charge in [-0.2, -0.15) is 0 Å². The number of ether oxygens (including phenoxy) is 2. The van der Waals surface area contributed by atoms with Gasteiger partial charge >= 0.3 is 136 Å². The summed E-state index contributed by atoms with van der Waals surface area (Å²) in [5.74, 6) is -0.503. The molecule has 0 aromatic carbocycles. The van der Waals surface area contributed by atoms with E-state index in [-0.39, 0.29) is 18.4 Å². The Kier molecular flexibility index (Phi) is 6.27. The second-order valence-electron chi connectivity index (χ2n) is 6.17. The molecule has 0 spiro atoms. The van der Waals surface area contributed by atoms with Crippen LogP contribution in [0.1, 0.15) is 33.6 Å². The number of amides is 1. The molecule has 1 N–H and O–H groups in total. The Balaban J connectivity index is 2.67. The average Bonchev–Trinajstić information content (AvgIpc) is 2.86. The Hall–Kier alpha value is -0.570. The number of rotatable bonds is 4. The standard InChI is InChI=1S/C14H25INO5/c1-13(2,3)21-12(18)16-7-6-10(9-16)14(19,15-4)8-11(17)20-5/h10,19H,6-9H2,1-5H3/q-1/t10-,14+/m0/s1. The number of hydrogen-bond acceptors (Lipinski definition) is 5. The van der Waals surface area contributed by atoms with Crippen LogP contribution < -0.4 is 21.2 Å². The molecule has 21 heavy (non-hydrogen) atoms. The first-order valence-corrected chi connectivity index (χ1v) is 10.1. The molecule has 1 amide bonds. The maximum atomic E-state index is 12.0. The molecule has 0 radical (unpaired) electrons. The molecule has 1 aliphatic heterocycles. The van der Waals surface area contributed by atoms with E-state index in [1.807, 2.05) is 25.7 Å². The van der Waals surface area contributed by atoms with Gasteiger partial charge in [0.05, 0.1) is 0 Å². The number of alkyl halides is 2. The number of halogens is 1. The van der Waals surface area contributed by atoms with Gasteiger partial charge in [0.2, 0.25) is 0 Å². The van der Waals surface area contributed by atoms with Crippen LogP contribution in [0.15, 0.2) is 0 Å². The zero-order chi connectivity index (χ0) is 16.3. The molecule has 1 heterocycles. The third kappa shape index (κ3) is 5.28. The van der Waals surface area contributed by atoms with Gasteiger partial charge in [0.1, 0.15) is 0 Å². The predicted octanol–water partition coefficient (Wildman–Crippen LogP) is -1.79. The van der Waals surface area contributed by atoms with Crippen molar-refractivity contribution in [2.45, 2.75) is 42.8 Å². The van der Waals surface area contributed by atoms with Crippen LogP contribution in [-0.4, -0.2) is 56.4 Å². The van der Waals surface area contributed by atoms with Crippen LogP contribution in [-0.2, 0) is 14.3 Å². The summed E-state index contributed by atoms with van der Waals surface area (Å²) in [5.41, 5.74) is -0.533. The molecule has 6 nitrogen and oxygen atoms in total. The summed E-state index contributed by atoms with van der Waals surface area (Å²) in [4.78, 5) is 27.1. The van der Waals surface area contributed by atoms with Gasteiger partial charge in [0, 0.05) is 0 Å². The van der Waals surface area contributed by atoms with E-state index < -0.39 is 36.4 Å². The number of likely N-dealkylation sites (tertiary alicyclic amines) is 1. The quantitative estimate of drug-likeness (QED) is 0.334. The van der Waals surface area contributed by atoms with Crippen molar-refractivity contribution in [3.05, 3.63) is 0 Å². The normalized spacial score (nSPS) is 22.0. The topological polar surface area (TPSA) is 76.1 Å². The van der Waals surface area contributed by atoms with Gasteiger partial charge in [-0.25, -0.2) is 0 Å². The molecular weight excluding hydrogens is 389 g/mol. The molecule has 1 fully saturated rings. The first kappa shape index (κ1) is 18.5. The maximum absolute atomic E-state index is 12.0. The van der Waals surface area contributed by atoms with Gasteiger partial charge in [-0.15, -0.1) is 0 Å². The Morgan fingerprint density at radius 1 is 1.38 bits per heavy atom. The molecule has 0 aromatic heterocycles. The van der Waals surface area contributed by atoms with Crippen molar-refractivity contribution in [1.29, 1.82) is 0 Å². The van der Waals surface area contributed by atoms with Crippen LogP contribution in [0.4, 0.5) is 4.79 Å². The average molecular weight is 414 g/mol. The molecule has 7 heteroatoms. The van der Waals surface area contributed by atoms with Gasteiger partial charge in [-0.05, 0) is 0 Å². The van der Waals surface area contributed by atoms with E-state index in [2.05, 4.69) is 4.74 Å². The predicted molar refractivity (Wildman–Crippen MR) is 73.4 cm³/mol. The summed E-state index contributed by atoms with van der Waals surface area (Å²) in [6, 6.07) is 0. The second-order valence-corrected chi connectivity index (χ2v) is 9.12. The fourth-order valence-corrected chi connectivity index (χ4v) is 4.34. The van der Waals surface area contributed by atoms with E-state index in [9.17, 15) is 14.7 Å². The van der Waals surface area contributed by atoms with Gasteiger partial charge < -0.3 is 0 Å². The molecule has 1 aliphatic rings. The van der Waals surface area contributed by atoms with Gasteiger partial charge in [-0.3, -0.25) is 0 Å². The van der Waals surface area contributed by atoms with Crippen molar-refractivity contribution in [2.75, 3.05) is 25.1 Å². The number of carbonyl (C=O) groups excluding carboxylic acids is 2. The minimum absolute atomic E-state index is 0.000104. The van der Waals surface area contributed by atoms with Crippen molar-refractivity contribution in [3.8, 4) is 0 Å². The Labute approximate surface area is 136 Å². The first-order valence-electron chi connectivity index (χ1n) is 6.89. The van der Waals surface area contributed by atoms with E-state index in [0.29, 0.717) is 19.5 Å². The summed E-state index contributed by atoms with van der Waals surface area (Å²) >= 11 is -0.586. The monoisotopic (exact) mass is 414 g/mol. The number of esters is 1. The SMILES string of the molecule is COC(=O)C[C@](O)([I-]C)[C@H]1CCN(C(=O)OC(C)(C)C)C1. The van der Waals surface area contributed by atoms with Crippen LogP contribution in [0, 0.1) is 5.92 Å². The van der Waals surface area contributed by atoms with Crippen molar-refractivity contribution in [1.82, 2.24) is 4.90 Å². The first-order chi connectivity index (χ1) is 9.61. The van der Waals surface area contributed by atoms with E-state index in [1.54, 1.807) is 4.90 Å². The molecule has 1 saturated heterocycles. The summed E-state index contributed by atoms with van der Waals surface area (Å²) in [5, 5.41) is 10.7. The van der Waals surface area contributed by atoms with E-state index in [1.165, 1.54) is 7.11 Å². The third-order valence-corrected chi connectivity index (χ3v) is 6.54. The Bertz CT molecular complexity index is 395. The van der Waals surface area contributed by atoms with Crippen LogP contribution in [0.5, 0.6) is 0 Å². The third-order valence-electron chi connectivity index (χ3n) is 3.41. The molecule has 0 saturated carbocycles. The molecule has 0 aliphatic carbocycles. The van der Waals surface area contributed by atoms with Gasteiger partial charge in [-0.1, -0.05) is 0 Å². The van der Waals surface area contributed by atoms with Crippen molar-refractivity contribution >= 4 is 12.1 Å². The van der Waals surface area contributed by atoms with Crippen LogP contribution >= 0.6 is 0 Å². The number of carbonyl (C=O) groups is 2. The van der Waals surface area contributed by atoms with Crippen molar-refractivity contribution < 1.29 is 45.4 Å². The van der Waals surface area contributed by atoms with Crippen molar-refractivity contribution in [2.24, 2.45) is 5.92 Å². The number of hydrogen-bond donors (Lipinski definition) is 1. The summed E-state index contributed by atoms with van der Waals surface area (Å²) in [7, 11) is 1.32. The number of aliphatic hydroxyl groups is 1. The molecule has 2 atom stereocenters. The zero-order valence-corrected chi connectivity index (χ0v) is 15.5. The van der Waals surface area contributed by atoms with E-state index >= 15 is 0 Å². The summed E-state index contributed by atoms with van der Waals surface area (Å²) < 4.78 is 8.98. The van der Waals surface area contributed by atoms with E-state index in [4.69, 9.17) is 4.74 Å². The number of methoxy groups -OCH3 is 1. The van der Waals surface area contributed by atoms with Gasteiger partial charge in [0.25, 0.3) is 0 Å². The fraction of sp³-hybridized carbons (Fsp3) is 0.857. The van der Waals surface area contributed by atoms with Crippen molar-refractivity contribution in [3.63, 3.8) is 0 Å². The van der Waals surface area contributed by atoms with Gasteiger partial charge in [0.15, 0.2) is 0 Å². The Morgan fingerprint density at radius 2 is 2.00 bits per heavy atom. The minimum atomic E-state index is -1.03. The Morgan fingerprint density at radius 3 is 2.48 bits per heavy atom. The summed E-state index contributed by atoms with van der Waals surface area (Å²) in [6.45, 7) is 6.44. The second kappa shape index (κ2) is 7.13. The van der Waals surface area contributed by atoms with Crippen LogP contribution in [0.2, 0.25) is 0 Å².